The van der Waals surface area contributed by atoms with E-state index in [2.05, 4.69) is 35.7 Å². The fourth-order valence-corrected chi connectivity index (χ4v) is 1.58. The summed E-state index contributed by atoms with van der Waals surface area (Å²) in [6, 6.07) is 0. The average molecular weight is 333 g/mol. The summed E-state index contributed by atoms with van der Waals surface area (Å²) in [6.07, 6.45) is 1.77. The number of amides is 1. The van der Waals surface area contributed by atoms with Crippen LogP contribution in [0.5, 0.6) is 0 Å². The van der Waals surface area contributed by atoms with Crippen LogP contribution in [-0.2, 0) is 4.74 Å². The second-order valence-electron chi connectivity index (χ2n) is 6.72. The molecule has 0 unspecified atom stereocenters. The van der Waals surface area contributed by atoms with Gasteiger partial charge in [0.2, 0.25) is 0 Å². The molecule has 0 atom stereocenters. The van der Waals surface area contributed by atoms with Crippen molar-refractivity contribution >= 4 is 23.8 Å². The van der Waals surface area contributed by atoms with Crippen LogP contribution >= 0.6 is 11.8 Å². The number of nitrogens with zero attached hydrogens (tertiary/aromatic N) is 2. The number of aliphatic imine (C=N–C) groups is 1. The zero-order chi connectivity index (χ0) is 17.4. The number of thioether (sulfide) groups is 1. The van der Waals surface area contributed by atoms with Gasteiger partial charge in [0.25, 0.3) is 0 Å². The Labute approximate surface area is 139 Å². The molecule has 7 heteroatoms. The molecule has 0 radical (unpaired) electrons. The number of rotatable bonds is 6. The van der Waals surface area contributed by atoms with Crippen LogP contribution in [-0.4, -0.2) is 67.3 Å². The zero-order valence-corrected chi connectivity index (χ0v) is 16.1. The lowest BCUT2D eigenvalue weighted by Crippen LogP contribution is -2.46. The maximum Gasteiger partial charge on any atom is 0.410 e. The third-order valence-electron chi connectivity index (χ3n) is 2.90. The van der Waals surface area contributed by atoms with Gasteiger partial charge in [0.05, 0.1) is 0 Å². The van der Waals surface area contributed by atoms with E-state index in [1.165, 1.54) is 0 Å². The molecule has 0 rings (SSSR count). The van der Waals surface area contributed by atoms with Crippen LogP contribution < -0.4 is 10.6 Å². The highest BCUT2D eigenvalue weighted by atomic mass is 32.2. The lowest BCUT2D eigenvalue weighted by atomic mass is 10.2. The van der Waals surface area contributed by atoms with Crippen LogP contribution in [0.25, 0.3) is 0 Å². The number of guanidine groups is 1. The number of hydrogen-bond donors (Lipinski definition) is 2. The minimum atomic E-state index is -0.472. The Hall–Kier alpha value is -1.11. The fraction of sp³-hybridized carbons (Fsp3) is 0.867. The molecule has 0 aromatic rings. The number of nitrogens with one attached hydrogen (secondary N) is 2. The Kier molecular flexibility index (Phi) is 8.66. The van der Waals surface area contributed by atoms with Gasteiger partial charge in [-0.1, -0.05) is 0 Å². The summed E-state index contributed by atoms with van der Waals surface area (Å²) < 4.78 is 5.44. The van der Waals surface area contributed by atoms with Crippen molar-refractivity contribution in [2.24, 2.45) is 4.99 Å². The Balaban J connectivity index is 4.13. The molecule has 0 saturated heterocycles. The van der Waals surface area contributed by atoms with E-state index in [1.807, 2.05) is 20.8 Å². The third kappa shape index (κ3) is 9.76. The number of hydrogen-bond acceptors (Lipinski definition) is 4. The van der Waals surface area contributed by atoms with Gasteiger partial charge in [-0.2, -0.15) is 11.8 Å². The smallest absolute Gasteiger partial charge is 0.410 e. The van der Waals surface area contributed by atoms with E-state index in [0.29, 0.717) is 13.1 Å². The van der Waals surface area contributed by atoms with Crippen molar-refractivity contribution in [1.29, 1.82) is 0 Å². The number of carbonyl (C=O) groups is 1. The van der Waals surface area contributed by atoms with E-state index < -0.39 is 5.60 Å². The van der Waals surface area contributed by atoms with Crippen molar-refractivity contribution in [3.63, 3.8) is 0 Å². The maximum absolute atomic E-state index is 11.8. The minimum absolute atomic E-state index is 0.144. The second kappa shape index (κ2) is 9.12. The normalized spacial score (nSPS) is 12.8. The lowest BCUT2D eigenvalue weighted by molar-refractivity contribution is 0.0302. The highest BCUT2D eigenvalue weighted by Crippen LogP contribution is 2.19. The van der Waals surface area contributed by atoms with Crippen molar-refractivity contribution in [2.75, 3.05) is 40.0 Å². The zero-order valence-electron chi connectivity index (χ0n) is 15.2. The first-order valence-electron chi connectivity index (χ1n) is 7.44. The van der Waals surface area contributed by atoms with Crippen molar-refractivity contribution in [2.45, 2.75) is 45.0 Å². The molecule has 0 spiro atoms. The Bertz CT molecular complexity index is 378. The first-order valence-corrected chi connectivity index (χ1v) is 8.67. The summed E-state index contributed by atoms with van der Waals surface area (Å²) >= 11 is 1.80. The molecular formula is C15H32N4O2S. The maximum atomic E-state index is 11.8. The molecule has 0 heterocycles. The summed E-state index contributed by atoms with van der Waals surface area (Å²) in [5.41, 5.74) is -0.472. The molecule has 2 N–H and O–H groups in total. The predicted octanol–water partition coefficient (Wildman–Crippen LogP) is 2.16. The number of likely N-dealkylation sites (N-methyl/N-ethyl adjacent to an activating group) is 1. The number of carbonyl (C=O) groups excluding carboxylic acids is 1. The largest absolute Gasteiger partial charge is 0.444 e. The number of ether oxygens (including phenoxy) is 1. The summed E-state index contributed by atoms with van der Waals surface area (Å²) in [7, 11) is 3.46. The van der Waals surface area contributed by atoms with Gasteiger partial charge in [-0.3, -0.25) is 4.99 Å². The van der Waals surface area contributed by atoms with E-state index in [-0.39, 0.29) is 10.8 Å². The molecule has 0 fully saturated rings. The summed E-state index contributed by atoms with van der Waals surface area (Å²) in [4.78, 5) is 17.6. The monoisotopic (exact) mass is 332 g/mol. The van der Waals surface area contributed by atoms with E-state index in [4.69, 9.17) is 4.74 Å². The van der Waals surface area contributed by atoms with Crippen LogP contribution in [0.4, 0.5) is 4.79 Å². The van der Waals surface area contributed by atoms with Gasteiger partial charge in [0.15, 0.2) is 5.96 Å². The van der Waals surface area contributed by atoms with Crippen LogP contribution in [0, 0.1) is 0 Å². The van der Waals surface area contributed by atoms with Gasteiger partial charge in [0, 0.05) is 38.5 Å². The van der Waals surface area contributed by atoms with Crippen molar-refractivity contribution in [3.8, 4) is 0 Å². The molecular weight excluding hydrogens is 300 g/mol. The Morgan fingerprint density at radius 2 is 1.82 bits per heavy atom. The van der Waals surface area contributed by atoms with E-state index in [1.54, 1.807) is 30.8 Å². The molecule has 0 bridgehead atoms. The third-order valence-corrected chi connectivity index (χ3v) is 4.15. The van der Waals surface area contributed by atoms with Crippen molar-refractivity contribution in [3.05, 3.63) is 0 Å². The van der Waals surface area contributed by atoms with Gasteiger partial charge in [-0.05, 0) is 40.9 Å². The average Bonchev–Trinajstić information content (AvgIpc) is 2.40. The fourth-order valence-electron chi connectivity index (χ4n) is 1.36. The van der Waals surface area contributed by atoms with Gasteiger partial charge in [0.1, 0.15) is 5.60 Å². The van der Waals surface area contributed by atoms with Gasteiger partial charge < -0.3 is 20.3 Å². The summed E-state index contributed by atoms with van der Waals surface area (Å²) in [5, 5.41) is 6.48. The topological polar surface area (TPSA) is 66.0 Å². The predicted molar refractivity (Wildman–Crippen MR) is 95.8 cm³/mol. The quantitative estimate of drug-likeness (QED) is 0.576. The molecule has 0 aromatic carbocycles. The highest BCUT2D eigenvalue weighted by Gasteiger charge is 2.19. The Morgan fingerprint density at radius 1 is 1.23 bits per heavy atom. The standard InChI is InChI=1S/C15H32N4O2S/c1-14(2,3)21-13(20)19(7)10-9-17-12(16-6)18-11-15(4,5)22-8/h9-11H2,1-8H3,(H2,16,17,18). The molecule has 0 aliphatic rings. The first kappa shape index (κ1) is 20.9. The molecule has 0 aliphatic heterocycles. The Morgan fingerprint density at radius 3 is 2.27 bits per heavy atom. The van der Waals surface area contributed by atoms with Crippen molar-refractivity contribution < 1.29 is 9.53 Å². The SMILES string of the molecule is CN=C(NCCN(C)C(=O)OC(C)(C)C)NCC(C)(C)SC. The summed E-state index contributed by atoms with van der Waals surface area (Å²) in [6.45, 7) is 11.9. The minimum Gasteiger partial charge on any atom is -0.444 e. The molecule has 22 heavy (non-hydrogen) atoms. The van der Waals surface area contributed by atoms with Crippen LogP contribution in [0.1, 0.15) is 34.6 Å². The van der Waals surface area contributed by atoms with Crippen LogP contribution in [0.3, 0.4) is 0 Å². The van der Waals surface area contributed by atoms with Gasteiger partial charge in [-0.25, -0.2) is 4.79 Å². The second-order valence-corrected chi connectivity index (χ2v) is 8.23. The van der Waals surface area contributed by atoms with E-state index >= 15 is 0 Å². The first-order chi connectivity index (χ1) is 10.0. The molecule has 0 aliphatic carbocycles. The molecule has 130 valence electrons. The highest BCUT2D eigenvalue weighted by molar-refractivity contribution is 7.99. The summed E-state index contributed by atoms with van der Waals surface area (Å²) in [5.74, 6) is 0.736. The lowest BCUT2D eigenvalue weighted by Gasteiger charge is -2.26. The molecule has 0 aromatic heterocycles. The van der Waals surface area contributed by atoms with Gasteiger partial charge >= 0.3 is 6.09 Å². The van der Waals surface area contributed by atoms with Crippen LogP contribution in [0.2, 0.25) is 0 Å². The molecule has 6 nitrogen and oxygen atoms in total. The molecule has 1 amide bonds. The van der Waals surface area contributed by atoms with E-state index in [0.717, 1.165) is 12.5 Å². The van der Waals surface area contributed by atoms with E-state index in [9.17, 15) is 4.79 Å². The van der Waals surface area contributed by atoms with Gasteiger partial charge in [-0.15, -0.1) is 0 Å². The van der Waals surface area contributed by atoms with Crippen molar-refractivity contribution in [1.82, 2.24) is 15.5 Å². The molecule has 0 saturated carbocycles. The van der Waals surface area contributed by atoms with Crippen LogP contribution in [0.15, 0.2) is 4.99 Å².